The van der Waals surface area contributed by atoms with Crippen LogP contribution in [-0.2, 0) is 17.1 Å². The Balaban J connectivity index is 2.13. The maximum atomic E-state index is 12.2. The van der Waals surface area contributed by atoms with E-state index in [2.05, 4.69) is 37.9 Å². The van der Waals surface area contributed by atoms with Gasteiger partial charge in [0.15, 0.2) is 4.60 Å². The number of halogens is 1. The Labute approximate surface area is 115 Å². The largest absolute Gasteiger partial charge is 0.260 e. The van der Waals surface area contributed by atoms with Crippen LogP contribution < -0.4 is 4.72 Å². The Hall–Kier alpha value is -0.470. The van der Waals surface area contributed by atoms with Crippen LogP contribution in [0.1, 0.15) is 32.6 Å². The highest BCUT2D eigenvalue weighted by atomic mass is 79.9. The smallest absolute Gasteiger partial charge is 0.235 e. The lowest BCUT2D eigenvalue weighted by Gasteiger charge is -2.23. The molecule has 1 N–H and O–H groups in total. The molecule has 1 heterocycles. The van der Waals surface area contributed by atoms with E-state index in [4.69, 9.17) is 0 Å². The monoisotopic (exact) mass is 336 g/mol. The van der Waals surface area contributed by atoms with Crippen LogP contribution >= 0.6 is 15.9 Å². The summed E-state index contributed by atoms with van der Waals surface area (Å²) in [5.74, 6) is 0. The average molecular weight is 337 g/mol. The van der Waals surface area contributed by atoms with Gasteiger partial charge in [-0.15, -0.1) is 5.10 Å². The van der Waals surface area contributed by atoms with Crippen molar-refractivity contribution in [2.24, 2.45) is 12.5 Å². The molecule has 0 bridgehead atoms. The molecule has 6 nitrogen and oxygen atoms in total. The van der Waals surface area contributed by atoms with Crippen LogP contribution in [0.4, 0.5) is 0 Å². The van der Waals surface area contributed by atoms with Crippen LogP contribution in [0.5, 0.6) is 0 Å². The molecule has 1 fully saturated rings. The van der Waals surface area contributed by atoms with Gasteiger partial charge in [0.25, 0.3) is 10.0 Å². The molecule has 18 heavy (non-hydrogen) atoms. The standard InChI is InChI=1S/C10H17BrN4O2S/c1-10(5-3-4-6-10)7-12-18(16,17)9-8(11)13-14-15(9)2/h12H,3-7H2,1-2H3. The molecule has 0 aliphatic heterocycles. The highest BCUT2D eigenvalue weighted by Crippen LogP contribution is 2.37. The fourth-order valence-electron chi connectivity index (χ4n) is 2.35. The second-order valence-corrected chi connectivity index (χ2v) is 7.58. The summed E-state index contributed by atoms with van der Waals surface area (Å²) in [6.45, 7) is 2.59. The fourth-order valence-corrected chi connectivity index (χ4v) is 4.64. The first-order valence-corrected chi connectivity index (χ1v) is 8.17. The van der Waals surface area contributed by atoms with Crippen molar-refractivity contribution in [3.8, 4) is 0 Å². The molecular weight excluding hydrogens is 320 g/mol. The van der Waals surface area contributed by atoms with Gasteiger partial charge < -0.3 is 0 Å². The number of hydrogen-bond acceptors (Lipinski definition) is 4. The van der Waals surface area contributed by atoms with Gasteiger partial charge in [0.1, 0.15) is 0 Å². The summed E-state index contributed by atoms with van der Waals surface area (Å²) in [5.41, 5.74) is 0.0750. The molecule has 0 atom stereocenters. The Bertz CT molecular complexity index is 515. The fraction of sp³-hybridized carbons (Fsp3) is 0.800. The van der Waals surface area contributed by atoms with E-state index in [0.29, 0.717) is 6.54 Å². The van der Waals surface area contributed by atoms with Crippen molar-refractivity contribution >= 4 is 26.0 Å². The Morgan fingerprint density at radius 2 is 2.06 bits per heavy atom. The SMILES string of the molecule is Cn1nnc(Br)c1S(=O)(=O)NCC1(C)CCCC1. The zero-order valence-electron chi connectivity index (χ0n) is 10.5. The van der Waals surface area contributed by atoms with Crippen molar-refractivity contribution < 1.29 is 8.42 Å². The molecule has 0 amide bonds. The number of sulfonamides is 1. The first-order chi connectivity index (χ1) is 8.34. The maximum Gasteiger partial charge on any atom is 0.260 e. The highest BCUT2D eigenvalue weighted by Gasteiger charge is 2.32. The first kappa shape index (κ1) is 14.0. The van der Waals surface area contributed by atoms with Crippen molar-refractivity contribution in [1.82, 2.24) is 19.7 Å². The summed E-state index contributed by atoms with van der Waals surface area (Å²) in [5, 5.41) is 7.44. The minimum Gasteiger partial charge on any atom is -0.235 e. The lowest BCUT2D eigenvalue weighted by Crippen LogP contribution is -2.35. The Kier molecular flexibility index (Phi) is 3.80. The second-order valence-electron chi connectivity index (χ2n) is 5.15. The van der Waals surface area contributed by atoms with Gasteiger partial charge in [-0.25, -0.2) is 17.8 Å². The summed E-state index contributed by atoms with van der Waals surface area (Å²) >= 11 is 3.11. The van der Waals surface area contributed by atoms with Gasteiger partial charge in [-0.1, -0.05) is 25.0 Å². The molecule has 1 saturated carbocycles. The molecule has 0 unspecified atom stereocenters. The summed E-state index contributed by atoms with van der Waals surface area (Å²) in [6, 6.07) is 0. The minimum absolute atomic E-state index is 0.0732. The van der Waals surface area contributed by atoms with E-state index in [0.717, 1.165) is 12.8 Å². The van der Waals surface area contributed by atoms with Crippen molar-refractivity contribution in [3.63, 3.8) is 0 Å². The first-order valence-electron chi connectivity index (χ1n) is 5.89. The maximum absolute atomic E-state index is 12.2. The van der Waals surface area contributed by atoms with Crippen LogP contribution in [0.2, 0.25) is 0 Å². The van der Waals surface area contributed by atoms with E-state index in [1.807, 2.05) is 0 Å². The number of nitrogens with one attached hydrogen (secondary N) is 1. The molecule has 0 spiro atoms. The minimum atomic E-state index is -3.56. The molecule has 0 aromatic carbocycles. The van der Waals surface area contributed by atoms with E-state index >= 15 is 0 Å². The summed E-state index contributed by atoms with van der Waals surface area (Å²) < 4.78 is 28.5. The summed E-state index contributed by atoms with van der Waals surface area (Å²) in [7, 11) is -2.00. The topological polar surface area (TPSA) is 76.9 Å². The van der Waals surface area contributed by atoms with Gasteiger partial charge in [-0.05, 0) is 34.2 Å². The third kappa shape index (κ3) is 2.75. The third-order valence-electron chi connectivity index (χ3n) is 3.49. The van der Waals surface area contributed by atoms with Crippen molar-refractivity contribution in [3.05, 3.63) is 4.60 Å². The van der Waals surface area contributed by atoms with Crippen LogP contribution in [0.15, 0.2) is 9.63 Å². The van der Waals surface area contributed by atoms with E-state index in [1.165, 1.54) is 17.5 Å². The molecule has 0 radical (unpaired) electrons. The molecule has 1 aliphatic carbocycles. The van der Waals surface area contributed by atoms with Crippen molar-refractivity contribution in [2.75, 3.05) is 6.54 Å². The zero-order valence-corrected chi connectivity index (χ0v) is 12.9. The number of rotatable bonds is 4. The third-order valence-corrected chi connectivity index (χ3v) is 5.78. The molecule has 1 aromatic rings. The predicted octanol–water partition coefficient (Wildman–Crippen LogP) is 1.44. The second kappa shape index (κ2) is 4.90. The molecule has 102 valence electrons. The van der Waals surface area contributed by atoms with Crippen LogP contribution in [0.3, 0.4) is 0 Å². The van der Waals surface area contributed by atoms with Crippen LogP contribution in [0.25, 0.3) is 0 Å². The number of nitrogens with zero attached hydrogens (tertiary/aromatic N) is 3. The van der Waals surface area contributed by atoms with Crippen LogP contribution in [-0.4, -0.2) is 30.0 Å². The van der Waals surface area contributed by atoms with Crippen molar-refractivity contribution in [2.45, 2.75) is 37.6 Å². The number of aryl methyl sites for hydroxylation is 1. The molecule has 1 aliphatic rings. The number of aromatic nitrogens is 3. The van der Waals surface area contributed by atoms with E-state index in [1.54, 1.807) is 7.05 Å². The predicted molar refractivity (Wildman–Crippen MR) is 70.5 cm³/mol. The summed E-state index contributed by atoms with van der Waals surface area (Å²) in [6.07, 6.45) is 4.49. The summed E-state index contributed by atoms with van der Waals surface area (Å²) in [4.78, 5) is 0. The van der Waals surface area contributed by atoms with E-state index in [9.17, 15) is 8.42 Å². The Morgan fingerprint density at radius 1 is 1.44 bits per heavy atom. The van der Waals surface area contributed by atoms with Gasteiger partial charge >= 0.3 is 0 Å². The molecule has 8 heteroatoms. The lowest BCUT2D eigenvalue weighted by atomic mass is 9.89. The van der Waals surface area contributed by atoms with E-state index in [-0.39, 0.29) is 15.0 Å². The normalized spacial score (nSPS) is 19.3. The van der Waals surface area contributed by atoms with Gasteiger partial charge in [0, 0.05) is 13.6 Å². The quantitative estimate of drug-likeness (QED) is 0.902. The van der Waals surface area contributed by atoms with Gasteiger partial charge in [0.2, 0.25) is 5.03 Å². The van der Waals surface area contributed by atoms with Gasteiger partial charge in [0.05, 0.1) is 0 Å². The Morgan fingerprint density at radius 3 is 2.56 bits per heavy atom. The molecule has 1 aromatic heterocycles. The molecule has 0 saturated heterocycles. The van der Waals surface area contributed by atoms with Gasteiger partial charge in [-0.3, -0.25) is 0 Å². The molecule has 2 rings (SSSR count). The number of hydrogen-bond donors (Lipinski definition) is 1. The lowest BCUT2D eigenvalue weighted by molar-refractivity contribution is 0.335. The highest BCUT2D eigenvalue weighted by molar-refractivity contribution is 9.10. The van der Waals surface area contributed by atoms with Gasteiger partial charge in [-0.2, -0.15) is 0 Å². The van der Waals surface area contributed by atoms with Crippen LogP contribution in [0, 0.1) is 5.41 Å². The van der Waals surface area contributed by atoms with Crippen molar-refractivity contribution in [1.29, 1.82) is 0 Å². The van der Waals surface area contributed by atoms with E-state index < -0.39 is 10.0 Å². The zero-order chi connectivity index (χ0) is 13.4. The average Bonchev–Trinajstić information content (AvgIpc) is 2.85. The molecular formula is C10H17BrN4O2S.